The molecular weight excluding hydrogens is 240 g/mol. The van der Waals surface area contributed by atoms with E-state index in [4.69, 9.17) is 9.47 Å². The number of aliphatic hydroxyl groups is 1. The number of rotatable bonds is 3. The molecule has 0 radical (unpaired) electrons. The van der Waals surface area contributed by atoms with Crippen LogP contribution in [-0.4, -0.2) is 24.9 Å². The van der Waals surface area contributed by atoms with Gasteiger partial charge in [0.1, 0.15) is 11.5 Å². The van der Waals surface area contributed by atoms with E-state index in [0.717, 1.165) is 50.0 Å². The van der Waals surface area contributed by atoms with E-state index < -0.39 is 5.60 Å². The monoisotopic (exact) mass is 262 g/mol. The number of benzene rings is 1. The third kappa shape index (κ3) is 2.00. The molecule has 2 bridgehead atoms. The highest BCUT2D eigenvalue weighted by atomic mass is 16.5. The fraction of sp³-hybridized carbons (Fsp3) is 0.625. The van der Waals surface area contributed by atoms with Crippen LogP contribution >= 0.6 is 0 Å². The van der Waals surface area contributed by atoms with Crippen molar-refractivity contribution in [2.75, 3.05) is 14.2 Å². The summed E-state index contributed by atoms with van der Waals surface area (Å²) in [4.78, 5) is 0. The number of hydrogen-bond donors (Lipinski definition) is 1. The summed E-state index contributed by atoms with van der Waals surface area (Å²) in [6, 6.07) is 6.06. The first-order valence-electron chi connectivity index (χ1n) is 7.06. The fourth-order valence-electron chi connectivity index (χ4n) is 3.80. The van der Waals surface area contributed by atoms with E-state index in [9.17, 15) is 5.11 Å². The van der Waals surface area contributed by atoms with Crippen LogP contribution in [0.4, 0.5) is 0 Å². The summed E-state index contributed by atoms with van der Waals surface area (Å²) >= 11 is 0. The highest BCUT2D eigenvalue weighted by Gasteiger charge is 2.49. The van der Waals surface area contributed by atoms with Gasteiger partial charge in [-0.15, -0.1) is 0 Å². The van der Waals surface area contributed by atoms with Crippen LogP contribution in [0.2, 0.25) is 0 Å². The Labute approximate surface area is 114 Å². The van der Waals surface area contributed by atoms with Crippen LogP contribution in [0.25, 0.3) is 0 Å². The van der Waals surface area contributed by atoms with E-state index in [1.807, 2.05) is 12.1 Å². The predicted molar refractivity (Wildman–Crippen MR) is 73.9 cm³/mol. The molecule has 1 N–H and O–H groups in total. The smallest absolute Gasteiger partial charge is 0.122 e. The summed E-state index contributed by atoms with van der Waals surface area (Å²) in [6.07, 6.45) is 5.88. The second-order valence-electron chi connectivity index (χ2n) is 6.07. The molecule has 3 aliphatic carbocycles. The SMILES string of the molecule is COc1ccc(OC)c(C23CCC(O)(CC2)CC3)c1. The van der Waals surface area contributed by atoms with E-state index in [0.29, 0.717) is 0 Å². The summed E-state index contributed by atoms with van der Waals surface area (Å²) in [7, 11) is 3.42. The summed E-state index contributed by atoms with van der Waals surface area (Å²) in [5.41, 5.74) is 1.04. The highest BCUT2D eigenvalue weighted by Crippen LogP contribution is 2.55. The molecule has 3 nitrogen and oxygen atoms in total. The van der Waals surface area contributed by atoms with E-state index in [1.165, 1.54) is 5.56 Å². The molecular formula is C16H22O3. The molecule has 1 aromatic carbocycles. The van der Waals surface area contributed by atoms with Crippen molar-refractivity contribution < 1.29 is 14.6 Å². The summed E-state index contributed by atoms with van der Waals surface area (Å²) in [5, 5.41) is 10.4. The molecule has 0 atom stereocenters. The summed E-state index contributed by atoms with van der Waals surface area (Å²) in [6.45, 7) is 0. The van der Waals surface area contributed by atoms with Crippen LogP contribution in [-0.2, 0) is 5.41 Å². The maximum absolute atomic E-state index is 10.4. The van der Waals surface area contributed by atoms with Gasteiger partial charge in [-0.2, -0.15) is 0 Å². The third-order valence-electron chi connectivity index (χ3n) is 5.18. The Morgan fingerprint density at radius 2 is 1.58 bits per heavy atom. The number of fused-ring (bicyclic) bond motifs is 3. The zero-order valence-electron chi connectivity index (χ0n) is 11.7. The molecule has 3 heteroatoms. The van der Waals surface area contributed by atoms with Gasteiger partial charge in [0.05, 0.1) is 19.8 Å². The van der Waals surface area contributed by atoms with Gasteiger partial charge in [0.15, 0.2) is 0 Å². The van der Waals surface area contributed by atoms with Gasteiger partial charge in [-0.05, 0) is 62.1 Å². The van der Waals surface area contributed by atoms with Crippen molar-refractivity contribution in [3.8, 4) is 11.5 Å². The Balaban J connectivity index is 2.01. The Kier molecular flexibility index (Phi) is 2.97. The fourth-order valence-corrected chi connectivity index (χ4v) is 3.80. The first-order valence-corrected chi connectivity index (χ1v) is 7.06. The topological polar surface area (TPSA) is 38.7 Å². The van der Waals surface area contributed by atoms with Crippen molar-refractivity contribution in [2.24, 2.45) is 0 Å². The average molecular weight is 262 g/mol. The van der Waals surface area contributed by atoms with Gasteiger partial charge in [-0.1, -0.05) is 0 Å². The normalized spacial score (nSPS) is 33.2. The van der Waals surface area contributed by atoms with Gasteiger partial charge in [-0.25, -0.2) is 0 Å². The minimum atomic E-state index is -0.395. The van der Waals surface area contributed by atoms with Crippen LogP contribution in [0.15, 0.2) is 18.2 Å². The summed E-state index contributed by atoms with van der Waals surface area (Å²) < 4.78 is 10.9. The Morgan fingerprint density at radius 1 is 0.947 bits per heavy atom. The molecule has 3 saturated carbocycles. The molecule has 0 spiro atoms. The van der Waals surface area contributed by atoms with E-state index >= 15 is 0 Å². The quantitative estimate of drug-likeness (QED) is 0.910. The molecule has 0 unspecified atom stereocenters. The standard InChI is InChI=1S/C16H22O3/c1-18-12-3-4-14(19-2)13(11-12)15-5-8-16(17,9-6-15)10-7-15/h3-4,11,17H,5-10H2,1-2H3. The lowest BCUT2D eigenvalue weighted by Gasteiger charge is -2.51. The van der Waals surface area contributed by atoms with Crippen molar-refractivity contribution in [3.05, 3.63) is 23.8 Å². The average Bonchev–Trinajstić information content (AvgIpc) is 2.48. The zero-order valence-corrected chi connectivity index (χ0v) is 11.7. The van der Waals surface area contributed by atoms with Gasteiger partial charge in [-0.3, -0.25) is 0 Å². The molecule has 19 heavy (non-hydrogen) atoms. The molecule has 1 aromatic rings. The van der Waals surface area contributed by atoms with Crippen LogP contribution in [0.5, 0.6) is 11.5 Å². The largest absolute Gasteiger partial charge is 0.497 e. The van der Waals surface area contributed by atoms with Gasteiger partial charge in [0, 0.05) is 5.56 Å². The first-order chi connectivity index (χ1) is 9.11. The van der Waals surface area contributed by atoms with E-state index in [1.54, 1.807) is 14.2 Å². The number of ether oxygens (including phenoxy) is 2. The van der Waals surface area contributed by atoms with Crippen LogP contribution in [0.3, 0.4) is 0 Å². The molecule has 104 valence electrons. The maximum Gasteiger partial charge on any atom is 0.122 e. The molecule has 3 fully saturated rings. The lowest BCUT2D eigenvalue weighted by molar-refractivity contribution is -0.0664. The van der Waals surface area contributed by atoms with Crippen molar-refractivity contribution in [3.63, 3.8) is 0 Å². The molecule has 0 aromatic heterocycles. The lowest BCUT2D eigenvalue weighted by Crippen LogP contribution is -2.48. The van der Waals surface area contributed by atoms with Crippen molar-refractivity contribution >= 4 is 0 Å². The molecule has 0 amide bonds. The minimum Gasteiger partial charge on any atom is -0.497 e. The molecule has 0 heterocycles. The van der Waals surface area contributed by atoms with Crippen LogP contribution < -0.4 is 9.47 Å². The van der Waals surface area contributed by atoms with Crippen molar-refractivity contribution in [1.29, 1.82) is 0 Å². The van der Waals surface area contributed by atoms with Gasteiger partial charge < -0.3 is 14.6 Å². The van der Waals surface area contributed by atoms with Crippen LogP contribution in [0.1, 0.15) is 44.1 Å². The summed E-state index contributed by atoms with van der Waals surface area (Å²) in [5.74, 6) is 1.84. The lowest BCUT2D eigenvalue weighted by atomic mass is 9.56. The van der Waals surface area contributed by atoms with Crippen molar-refractivity contribution in [2.45, 2.75) is 49.5 Å². The minimum absolute atomic E-state index is 0.171. The molecule has 3 aliphatic rings. The van der Waals surface area contributed by atoms with E-state index in [2.05, 4.69) is 6.07 Å². The zero-order chi connectivity index (χ0) is 13.5. The number of methoxy groups -OCH3 is 2. The number of hydrogen-bond acceptors (Lipinski definition) is 3. The third-order valence-corrected chi connectivity index (χ3v) is 5.18. The maximum atomic E-state index is 10.4. The van der Waals surface area contributed by atoms with Crippen LogP contribution in [0, 0.1) is 0 Å². The van der Waals surface area contributed by atoms with Gasteiger partial charge >= 0.3 is 0 Å². The van der Waals surface area contributed by atoms with E-state index in [-0.39, 0.29) is 5.41 Å². The second kappa shape index (κ2) is 4.41. The highest BCUT2D eigenvalue weighted by molar-refractivity contribution is 5.46. The predicted octanol–water partition coefficient (Wildman–Crippen LogP) is 3.04. The Bertz CT molecular complexity index is 456. The van der Waals surface area contributed by atoms with Gasteiger partial charge in [0.2, 0.25) is 0 Å². The molecule has 0 aliphatic heterocycles. The Morgan fingerprint density at radius 3 is 2.11 bits per heavy atom. The first kappa shape index (κ1) is 12.8. The second-order valence-corrected chi connectivity index (χ2v) is 6.07. The molecule has 0 saturated heterocycles. The van der Waals surface area contributed by atoms with Gasteiger partial charge in [0.25, 0.3) is 0 Å². The Hall–Kier alpha value is -1.22. The molecule has 4 rings (SSSR count). The van der Waals surface area contributed by atoms with Crippen molar-refractivity contribution in [1.82, 2.24) is 0 Å².